The lowest BCUT2D eigenvalue weighted by atomic mass is 10.1. The smallest absolute Gasteiger partial charge is 0.211 e. The van der Waals surface area contributed by atoms with Crippen molar-refractivity contribution in [2.75, 3.05) is 17.7 Å². The molecule has 1 atom stereocenters. The second-order valence-electron chi connectivity index (χ2n) is 7.84. The Morgan fingerprint density at radius 2 is 1.93 bits per heavy atom. The van der Waals surface area contributed by atoms with Gasteiger partial charge in [-0.15, -0.1) is 0 Å². The average Bonchev–Trinajstić information content (AvgIpc) is 3.03. The number of aryl methyl sites for hydroxylation is 1. The highest BCUT2D eigenvalue weighted by Crippen LogP contribution is 2.32. The zero-order chi connectivity index (χ0) is 21.3. The predicted octanol–water partition coefficient (Wildman–Crippen LogP) is 3.47. The Hall–Kier alpha value is -2.35. The number of hydrogen-bond acceptors (Lipinski definition) is 4. The first-order chi connectivity index (χ1) is 14.3. The molecule has 8 heteroatoms. The molecule has 2 aromatic carbocycles. The molecule has 158 valence electrons. The summed E-state index contributed by atoms with van der Waals surface area (Å²) in [5.74, 6) is 0. The third kappa shape index (κ3) is 4.69. The van der Waals surface area contributed by atoms with Gasteiger partial charge in [0.1, 0.15) is 0 Å². The van der Waals surface area contributed by atoms with Crippen molar-refractivity contribution in [1.29, 1.82) is 0 Å². The molecule has 2 heterocycles. The second kappa shape index (κ2) is 8.41. The monoisotopic (exact) mass is 444 g/mol. The third-order valence-electron chi connectivity index (χ3n) is 5.40. The van der Waals surface area contributed by atoms with Crippen LogP contribution in [-0.4, -0.2) is 41.1 Å². The summed E-state index contributed by atoms with van der Waals surface area (Å²) in [5, 5.41) is 0.599. The first-order valence-electron chi connectivity index (χ1n) is 9.80. The molecule has 0 unspecified atom stereocenters. The highest BCUT2D eigenvalue weighted by atomic mass is 35.5. The molecule has 0 aliphatic carbocycles. The van der Waals surface area contributed by atoms with E-state index in [4.69, 9.17) is 11.6 Å². The van der Waals surface area contributed by atoms with Gasteiger partial charge in [0, 0.05) is 43.1 Å². The van der Waals surface area contributed by atoms with Crippen LogP contribution in [0.4, 0.5) is 5.69 Å². The Bertz CT molecular complexity index is 1130. The van der Waals surface area contributed by atoms with Gasteiger partial charge in [-0.25, -0.2) is 13.4 Å². The number of halogens is 1. The molecule has 4 rings (SSSR count). The fourth-order valence-electron chi connectivity index (χ4n) is 4.06. The Morgan fingerprint density at radius 3 is 2.60 bits per heavy atom. The molecule has 0 N–H and O–H groups in total. The first-order valence-corrected chi connectivity index (χ1v) is 12.0. The molecule has 0 amide bonds. The number of nitrogens with zero attached hydrogens (tertiary/aromatic N) is 4. The van der Waals surface area contributed by atoms with Crippen LogP contribution in [0.25, 0.3) is 0 Å². The van der Waals surface area contributed by atoms with E-state index in [1.165, 1.54) is 6.26 Å². The Labute approximate surface area is 182 Å². The van der Waals surface area contributed by atoms with Crippen LogP contribution in [0.2, 0.25) is 5.02 Å². The minimum Gasteiger partial charge on any atom is -0.364 e. The molecule has 0 bridgehead atoms. The number of anilines is 1. The third-order valence-corrected chi connectivity index (χ3v) is 6.91. The Balaban J connectivity index is 1.75. The van der Waals surface area contributed by atoms with E-state index >= 15 is 0 Å². The minimum atomic E-state index is -3.42. The summed E-state index contributed by atoms with van der Waals surface area (Å²) in [6, 6.07) is 15.5. The van der Waals surface area contributed by atoms with Crippen molar-refractivity contribution in [2.24, 2.45) is 7.05 Å². The second-order valence-corrected chi connectivity index (χ2v) is 10.2. The number of rotatable bonds is 5. The lowest BCUT2D eigenvalue weighted by Gasteiger charge is -2.31. The van der Waals surface area contributed by atoms with Crippen molar-refractivity contribution in [3.63, 3.8) is 0 Å². The van der Waals surface area contributed by atoms with E-state index in [1.54, 1.807) is 10.6 Å². The largest absolute Gasteiger partial charge is 0.364 e. The number of imidazole rings is 1. The van der Waals surface area contributed by atoms with Crippen LogP contribution < -0.4 is 4.90 Å². The summed E-state index contributed by atoms with van der Waals surface area (Å²) in [4.78, 5) is 6.69. The van der Waals surface area contributed by atoms with Gasteiger partial charge in [-0.1, -0.05) is 41.9 Å². The molecule has 30 heavy (non-hydrogen) atoms. The van der Waals surface area contributed by atoms with Crippen molar-refractivity contribution in [1.82, 2.24) is 13.9 Å². The molecule has 1 aromatic heterocycles. The van der Waals surface area contributed by atoms with Crippen LogP contribution in [0.5, 0.6) is 0 Å². The van der Waals surface area contributed by atoms with E-state index in [1.807, 2.05) is 66.3 Å². The van der Waals surface area contributed by atoms with Crippen molar-refractivity contribution < 1.29 is 8.42 Å². The van der Waals surface area contributed by atoms with E-state index in [0.717, 1.165) is 22.5 Å². The summed E-state index contributed by atoms with van der Waals surface area (Å²) in [5.41, 5.74) is 3.94. The van der Waals surface area contributed by atoms with Crippen LogP contribution in [0, 0.1) is 0 Å². The van der Waals surface area contributed by atoms with Crippen molar-refractivity contribution in [3.8, 4) is 0 Å². The SMILES string of the molecule is Cn1cnc(CN2C[C@@H](Cc3ccccc3)N(S(C)(=O)=O)Cc3cc(Cl)ccc32)c1. The number of aromatic nitrogens is 2. The highest BCUT2D eigenvalue weighted by Gasteiger charge is 2.33. The Morgan fingerprint density at radius 1 is 1.17 bits per heavy atom. The van der Waals surface area contributed by atoms with Crippen LogP contribution in [0.15, 0.2) is 61.1 Å². The number of sulfonamides is 1. The average molecular weight is 445 g/mol. The lowest BCUT2D eigenvalue weighted by Crippen LogP contribution is -2.45. The topological polar surface area (TPSA) is 58.4 Å². The minimum absolute atomic E-state index is 0.211. The predicted molar refractivity (Wildman–Crippen MR) is 120 cm³/mol. The zero-order valence-electron chi connectivity index (χ0n) is 17.1. The molecule has 1 aliphatic heterocycles. The van der Waals surface area contributed by atoms with Crippen LogP contribution in [0.1, 0.15) is 16.8 Å². The normalized spacial score (nSPS) is 17.6. The van der Waals surface area contributed by atoms with Gasteiger partial charge >= 0.3 is 0 Å². The molecule has 0 fully saturated rings. The fraction of sp³-hybridized carbons (Fsp3) is 0.318. The number of benzene rings is 2. The molecule has 3 aromatic rings. The number of hydrogen-bond donors (Lipinski definition) is 0. The van der Waals surface area contributed by atoms with Gasteiger partial charge in [-0.2, -0.15) is 4.31 Å². The van der Waals surface area contributed by atoms with Crippen LogP contribution in [-0.2, 0) is 36.6 Å². The van der Waals surface area contributed by atoms with Gasteiger partial charge in [-0.05, 0) is 35.7 Å². The molecule has 0 saturated carbocycles. The molecular weight excluding hydrogens is 420 g/mol. The van der Waals surface area contributed by atoms with Gasteiger partial charge in [-0.3, -0.25) is 0 Å². The van der Waals surface area contributed by atoms with Gasteiger partial charge in [0.15, 0.2) is 0 Å². The Kier molecular flexibility index (Phi) is 5.86. The molecule has 1 aliphatic rings. The highest BCUT2D eigenvalue weighted by molar-refractivity contribution is 7.88. The summed E-state index contributed by atoms with van der Waals surface area (Å²) >= 11 is 6.27. The summed E-state index contributed by atoms with van der Waals surface area (Å²) in [6.45, 7) is 1.45. The van der Waals surface area contributed by atoms with E-state index < -0.39 is 10.0 Å². The van der Waals surface area contributed by atoms with Crippen molar-refractivity contribution in [3.05, 3.63) is 82.9 Å². The van der Waals surface area contributed by atoms with Gasteiger partial charge in [0.25, 0.3) is 0 Å². The van der Waals surface area contributed by atoms with Gasteiger partial charge in [0.05, 0.1) is 24.8 Å². The van der Waals surface area contributed by atoms with Crippen molar-refractivity contribution >= 4 is 27.3 Å². The quantitative estimate of drug-likeness (QED) is 0.604. The summed E-state index contributed by atoms with van der Waals surface area (Å²) < 4.78 is 29.0. The maximum atomic E-state index is 12.8. The molecule has 6 nitrogen and oxygen atoms in total. The standard InChI is InChI=1S/C22H25ClN4O2S/c1-25-13-20(24-16-25)14-26-15-21(10-17-6-4-3-5-7-17)27(30(2,28)29)12-18-11-19(23)8-9-22(18)26/h3-9,11,13,16,21H,10,12,14-15H2,1-2H3/t21-/m1/s1. The molecule has 0 radical (unpaired) electrons. The summed E-state index contributed by atoms with van der Waals surface area (Å²) in [7, 11) is -1.48. The zero-order valence-corrected chi connectivity index (χ0v) is 18.6. The maximum absolute atomic E-state index is 12.8. The molecular formula is C22H25ClN4O2S. The van der Waals surface area contributed by atoms with Crippen LogP contribution >= 0.6 is 11.6 Å². The first kappa shape index (κ1) is 20.9. The lowest BCUT2D eigenvalue weighted by molar-refractivity contribution is 0.320. The molecule has 0 saturated heterocycles. The number of fused-ring (bicyclic) bond motifs is 1. The van der Waals surface area contributed by atoms with Gasteiger partial charge in [0.2, 0.25) is 10.0 Å². The van der Waals surface area contributed by atoms with E-state index in [-0.39, 0.29) is 6.04 Å². The van der Waals surface area contributed by atoms with E-state index in [9.17, 15) is 8.42 Å². The van der Waals surface area contributed by atoms with Gasteiger partial charge < -0.3 is 9.47 Å². The summed E-state index contributed by atoms with van der Waals surface area (Å²) in [6.07, 6.45) is 5.68. The maximum Gasteiger partial charge on any atom is 0.211 e. The van der Waals surface area contributed by atoms with Crippen LogP contribution in [0.3, 0.4) is 0 Å². The fourth-order valence-corrected chi connectivity index (χ4v) is 5.32. The van der Waals surface area contributed by atoms with E-state index in [2.05, 4.69) is 9.88 Å². The van der Waals surface area contributed by atoms with E-state index in [0.29, 0.717) is 31.1 Å². The van der Waals surface area contributed by atoms with Crippen molar-refractivity contribution in [2.45, 2.75) is 25.6 Å². The molecule has 0 spiro atoms.